The maximum absolute atomic E-state index is 10.3. The summed E-state index contributed by atoms with van der Waals surface area (Å²) in [4.78, 5) is 10.3. The van der Waals surface area contributed by atoms with Gasteiger partial charge in [-0.15, -0.1) is 0 Å². The molecule has 0 aromatic heterocycles. The first-order valence-corrected chi connectivity index (χ1v) is 10.1. The van der Waals surface area contributed by atoms with Gasteiger partial charge in [0.1, 0.15) is 0 Å². The number of aliphatic hydroxyl groups is 3. The van der Waals surface area contributed by atoms with Crippen molar-refractivity contribution < 1.29 is 25.2 Å². The zero-order chi connectivity index (χ0) is 20.2. The number of carboxylic acids is 1. The lowest BCUT2D eigenvalue weighted by Crippen LogP contribution is -1.93. The van der Waals surface area contributed by atoms with Crippen molar-refractivity contribution in [2.45, 2.75) is 105 Å². The predicted octanol–water partition coefficient (Wildman–Crippen LogP) is 4.77. The van der Waals surface area contributed by atoms with Crippen molar-refractivity contribution in [1.29, 1.82) is 0 Å². The summed E-state index contributed by atoms with van der Waals surface area (Å²) in [5, 5.41) is 31.2. The fraction of sp³-hybridized carbons (Fsp3) is 0.950. The number of rotatable bonds is 12. The minimum atomic E-state index is -0.657. The Morgan fingerprint density at radius 3 is 1.04 bits per heavy atom. The lowest BCUT2D eigenvalue weighted by Gasteiger charge is -2.01. The van der Waals surface area contributed by atoms with Crippen LogP contribution in [0.15, 0.2) is 0 Å². The van der Waals surface area contributed by atoms with Crippen molar-refractivity contribution in [1.82, 2.24) is 0 Å². The minimum Gasteiger partial charge on any atom is -0.481 e. The van der Waals surface area contributed by atoms with Crippen LogP contribution in [0.2, 0.25) is 0 Å². The third-order valence-corrected chi connectivity index (χ3v) is 2.99. The van der Waals surface area contributed by atoms with E-state index in [9.17, 15) is 4.79 Å². The van der Waals surface area contributed by atoms with Crippen LogP contribution in [0, 0.1) is 0 Å². The molecule has 0 aliphatic rings. The molecule has 156 valence electrons. The lowest BCUT2D eigenvalue weighted by molar-refractivity contribution is -0.137. The minimum absolute atomic E-state index is 0.250. The van der Waals surface area contributed by atoms with E-state index in [1.54, 1.807) is 20.8 Å². The van der Waals surface area contributed by atoms with Gasteiger partial charge in [-0.3, -0.25) is 4.79 Å². The lowest BCUT2D eigenvalue weighted by atomic mass is 10.1. The van der Waals surface area contributed by atoms with Crippen molar-refractivity contribution in [3.8, 4) is 0 Å². The highest BCUT2D eigenvalue weighted by Crippen LogP contribution is 2.11. The van der Waals surface area contributed by atoms with Gasteiger partial charge in [0, 0.05) is 26.2 Å². The monoisotopic (exact) mass is 366 g/mol. The van der Waals surface area contributed by atoms with Crippen molar-refractivity contribution >= 4 is 5.97 Å². The molecule has 0 aromatic carbocycles. The van der Waals surface area contributed by atoms with Crippen LogP contribution in [0.5, 0.6) is 0 Å². The Balaban J connectivity index is -0.000000204. The molecule has 0 aliphatic heterocycles. The maximum atomic E-state index is 10.3. The molecule has 0 rings (SSSR count). The molecule has 5 nitrogen and oxygen atoms in total. The van der Waals surface area contributed by atoms with Gasteiger partial charge in [0.25, 0.3) is 0 Å². The van der Waals surface area contributed by atoms with Crippen molar-refractivity contribution in [2.75, 3.05) is 19.8 Å². The normalized spacial score (nSPS) is 8.92. The third-order valence-electron chi connectivity index (χ3n) is 2.99. The first-order valence-electron chi connectivity index (χ1n) is 10.1. The number of hydrogen-bond donors (Lipinski definition) is 4. The van der Waals surface area contributed by atoms with Crippen molar-refractivity contribution in [3.63, 3.8) is 0 Å². The molecule has 0 saturated carbocycles. The van der Waals surface area contributed by atoms with Crippen LogP contribution in [-0.2, 0) is 4.79 Å². The SMILES string of the molecule is CCCCCCCCCCCCCC(=O)O.CCO.CCO.CCO. The summed E-state index contributed by atoms with van der Waals surface area (Å²) in [7, 11) is 0. The summed E-state index contributed by atoms with van der Waals surface area (Å²) in [6, 6.07) is 0. The molecule has 0 heterocycles. The van der Waals surface area contributed by atoms with E-state index in [1.807, 2.05) is 0 Å². The van der Waals surface area contributed by atoms with Gasteiger partial charge >= 0.3 is 5.97 Å². The number of aliphatic hydroxyl groups excluding tert-OH is 3. The third kappa shape index (κ3) is 69.8. The highest BCUT2D eigenvalue weighted by molar-refractivity contribution is 5.66. The molecule has 25 heavy (non-hydrogen) atoms. The highest BCUT2D eigenvalue weighted by atomic mass is 16.4. The quantitative estimate of drug-likeness (QED) is 0.373. The van der Waals surface area contributed by atoms with Crippen LogP contribution in [0.3, 0.4) is 0 Å². The van der Waals surface area contributed by atoms with E-state index >= 15 is 0 Å². The van der Waals surface area contributed by atoms with E-state index < -0.39 is 5.97 Å². The van der Waals surface area contributed by atoms with Gasteiger partial charge in [-0.1, -0.05) is 71.1 Å². The Hall–Kier alpha value is -0.650. The number of carboxylic acid groups (broad SMARTS) is 1. The van der Waals surface area contributed by atoms with E-state index in [-0.39, 0.29) is 19.8 Å². The molecule has 0 atom stereocenters. The van der Waals surface area contributed by atoms with Gasteiger partial charge in [0.05, 0.1) is 0 Å². The number of carbonyl (C=O) groups is 1. The van der Waals surface area contributed by atoms with Gasteiger partial charge in [-0.05, 0) is 27.2 Å². The topological polar surface area (TPSA) is 98.0 Å². The fourth-order valence-corrected chi connectivity index (χ4v) is 1.94. The number of hydrogen-bond acceptors (Lipinski definition) is 4. The Morgan fingerprint density at radius 1 is 0.560 bits per heavy atom. The summed E-state index contributed by atoms with van der Waals surface area (Å²) in [5.41, 5.74) is 0. The molecule has 0 amide bonds. The summed E-state index contributed by atoms with van der Waals surface area (Å²) in [6.45, 7) is 8.04. The van der Waals surface area contributed by atoms with Crippen LogP contribution >= 0.6 is 0 Å². The fourth-order valence-electron chi connectivity index (χ4n) is 1.94. The summed E-state index contributed by atoms with van der Waals surface area (Å²) >= 11 is 0. The Labute approximate surface area is 156 Å². The van der Waals surface area contributed by atoms with Gasteiger partial charge in [0.15, 0.2) is 0 Å². The van der Waals surface area contributed by atoms with E-state index in [2.05, 4.69) is 6.92 Å². The van der Waals surface area contributed by atoms with Crippen LogP contribution in [0.25, 0.3) is 0 Å². The predicted molar refractivity (Wildman–Crippen MR) is 107 cm³/mol. The first-order chi connectivity index (χ1) is 12.0. The molecular formula is C20H46O5. The van der Waals surface area contributed by atoms with Crippen LogP contribution < -0.4 is 0 Å². The van der Waals surface area contributed by atoms with Crippen LogP contribution in [-0.4, -0.2) is 46.2 Å². The summed E-state index contributed by atoms with van der Waals surface area (Å²) in [5.74, 6) is -0.657. The number of unbranched alkanes of at least 4 members (excludes halogenated alkanes) is 10. The molecule has 0 radical (unpaired) electrons. The van der Waals surface area contributed by atoms with Gasteiger partial charge in [0.2, 0.25) is 0 Å². The Bertz CT molecular complexity index is 194. The average Bonchev–Trinajstić information content (AvgIpc) is 2.54. The van der Waals surface area contributed by atoms with E-state index in [1.165, 1.54) is 57.8 Å². The molecule has 0 fully saturated rings. The maximum Gasteiger partial charge on any atom is 0.303 e. The largest absolute Gasteiger partial charge is 0.481 e. The first kappa shape index (κ1) is 32.1. The van der Waals surface area contributed by atoms with Crippen LogP contribution in [0.4, 0.5) is 0 Å². The molecule has 0 bridgehead atoms. The Morgan fingerprint density at radius 2 is 0.800 bits per heavy atom. The van der Waals surface area contributed by atoms with Gasteiger partial charge < -0.3 is 20.4 Å². The Kier molecular flexibility index (Phi) is 49.7. The van der Waals surface area contributed by atoms with Crippen molar-refractivity contribution in [3.05, 3.63) is 0 Å². The van der Waals surface area contributed by atoms with E-state index in [0.29, 0.717) is 6.42 Å². The molecule has 0 saturated heterocycles. The highest BCUT2D eigenvalue weighted by Gasteiger charge is 1.96. The molecule has 0 unspecified atom stereocenters. The van der Waals surface area contributed by atoms with Crippen molar-refractivity contribution in [2.24, 2.45) is 0 Å². The summed E-state index contributed by atoms with van der Waals surface area (Å²) < 4.78 is 0. The molecule has 0 aromatic rings. The smallest absolute Gasteiger partial charge is 0.303 e. The molecular weight excluding hydrogens is 320 g/mol. The summed E-state index contributed by atoms with van der Waals surface area (Å²) in [6.07, 6.45) is 14.4. The standard InChI is InChI=1S/C14H28O2.3C2H6O/c1-2-3-4-5-6-7-8-9-10-11-12-13-14(15)16;3*1-2-3/h2-13H2,1H3,(H,15,16);3*3H,2H2,1H3. The number of aliphatic carboxylic acids is 1. The second kappa shape index (κ2) is 38.7. The van der Waals surface area contributed by atoms with Crippen LogP contribution in [0.1, 0.15) is 105 Å². The second-order valence-corrected chi connectivity index (χ2v) is 5.63. The molecule has 0 spiro atoms. The average molecular weight is 367 g/mol. The zero-order valence-corrected chi connectivity index (χ0v) is 17.3. The van der Waals surface area contributed by atoms with E-state index in [4.69, 9.17) is 20.4 Å². The van der Waals surface area contributed by atoms with Gasteiger partial charge in [-0.25, -0.2) is 0 Å². The zero-order valence-electron chi connectivity index (χ0n) is 17.3. The second-order valence-electron chi connectivity index (χ2n) is 5.63. The molecule has 4 N–H and O–H groups in total. The molecule has 0 aliphatic carbocycles. The van der Waals surface area contributed by atoms with Gasteiger partial charge in [-0.2, -0.15) is 0 Å². The van der Waals surface area contributed by atoms with E-state index in [0.717, 1.165) is 12.8 Å². The molecule has 5 heteroatoms.